The number of hydrogen-bond acceptors (Lipinski definition) is 3. The number of amides is 1. The van der Waals surface area contributed by atoms with Crippen molar-refractivity contribution >= 4 is 11.9 Å². The first kappa shape index (κ1) is 15.9. The highest BCUT2D eigenvalue weighted by Gasteiger charge is 2.31. The topological polar surface area (TPSA) is 66.8 Å². The molecule has 0 saturated heterocycles. The van der Waals surface area contributed by atoms with Gasteiger partial charge in [0.25, 0.3) is 0 Å². The van der Waals surface area contributed by atoms with E-state index in [2.05, 4.69) is 0 Å². The van der Waals surface area contributed by atoms with Crippen LogP contribution in [-0.4, -0.2) is 48.2 Å². The van der Waals surface area contributed by atoms with E-state index in [1.165, 1.54) is 0 Å². The van der Waals surface area contributed by atoms with Crippen molar-refractivity contribution in [3.63, 3.8) is 0 Å². The van der Waals surface area contributed by atoms with Gasteiger partial charge in [-0.25, -0.2) is 0 Å². The lowest BCUT2D eigenvalue weighted by Crippen LogP contribution is -2.38. The Morgan fingerprint density at radius 2 is 1.88 bits per heavy atom. The van der Waals surface area contributed by atoms with Gasteiger partial charge < -0.3 is 14.7 Å². The zero-order valence-electron chi connectivity index (χ0n) is 11.2. The smallest absolute Gasteiger partial charge is 0.309 e. The van der Waals surface area contributed by atoms with Crippen molar-refractivity contribution < 1.29 is 19.4 Å². The SMILES string of the molecule is CCOCCN(CC)C(=O)CC(C)(C)C(=O)O. The van der Waals surface area contributed by atoms with Gasteiger partial charge in [0, 0.05) is 26.1 Å². The lowest BCUT2D eigenvalue weighted by Gasteiger charge is -2.25. The molecule has 0 bridgehead atoms. The summed E-state index contributed by atoms with van der Waals surface area (Å²) in [6, 6.07) is 0. The molecule has 0 aliphatic rings. The maximum absolute atomic E-state index is 11.9. The van der Waals surface area contributed by atoms with Crippen molar-refractivity contribution in [3.8, 4) is 0 Å². The van der Waals surface area contributed by atoms with Crippen molar-refractivity contribution in [2.75, 3.05) is 26.3 Å². The van der Waals surface area contributed by atoms with Crippen LogP contribution in [0.1, 0.15) is 34.1 Å². The molecule has 0 unspecified atom stereocenters. The number of carboxylic acids is 1. The zero-order chi connectivity index (χ0) is 13.5. The van der Waals surface area contributed by atoms with Crippen LogP contribution in [0.25, 0.3) is 0 Å². The first-order valence-electron chi connectivity index (χ1n) is 5.94. The first-order valence-corrected chi connectivity index (χ1v) is 5.94. The normalized spacial score (nSPS) is 11.3. The van der Waals surface area contributed by atoms with E-state index >= 15 is 0 Å². The summed E-state index contributed by atoms with van der Waals surface area (Å²) in [7, 11) is 0. The van der Waals surface area contributed by atoms with Crippen molar-refractivity contribution in [3.05, 3.63) is 0 Å². The van der Waals surface area contributed by atoms with Crippen molar-refractivity contribution in [1.82, 2.24) is 4.90 Å². The molecule has 0 radical (unpaired) electrons. The summed E-state index contributed by atoms with van der Waals surface area (Å²) in [5.41, 5.74) is -1.02. The lowest BCUT2D eigenvalue weighted by atomic mass is 9.89. The number of rotatable bonds is 8. The largest absolute Gasteiger partial charge is 0.481 e. The Hall–Kier alpha value is -1.10. The molecule has 0 fully saturated rings. The van der Waals surface area contributed by atoms with Crippen molar-refractivity contribution in [2.24, 2.45) is 5.41 Å². The molecule has 0 rings (SSSR count). The molecular weight excluding hydrogens is 222 g/mol. The quantitative estimate of drug-likeness (QED) is 0.656. The number of carboxylic acid groups (broad SMARTS) is 1. The van der Waals surface area contributed by atoms with Gasteiger partial charge in [0.05, 0.1) is 12.0 Å². The number of aliphatic carboxylic acids is 1. The minimum absolute atomic E-state index is 0.0162. The molecular formula is C12H23NO4. The third-order valence-electron chi connectivity index (χ3n) is 2.62. The van der Waals surface area contributed by atoms with Gasteiger partial charge in [0.1, 0.15) is 0 Å². The van der Waals surface area contributed by atoms with Crippen LogP contribution in [0.3, 0.4) is 0 Å². The van der Waals surface area contributed by atoms with E-state index in [1.54, 1.807) is 18.7 Å². The molecule has 1 N–H and O–H groups in total. The minimum Gasteiger partial charge on any atom is -0.481 e. The molecule has 0 aromatic heterocycles. The standard InChI is InChI=1S/C12H23NO4/c1-5-13(7-8-17-6-2)10(14)9-12(3,4)11(15)16/h5-9H2,1-4H3,(H,15,16). The molecule has 5 heteroatoms. The van der Waals surface area contributed by atoms with Gasteiger partial charge in [-0.3, -0.25) is 9.59 Å². The van der Waals surface area contributed by atoms with Gasteiger partial charge in [-0.2, -0.15) is 0 Å². The van der Waals surface area contributed by atoms with Gasteiger partial charge in [-0.05, 0) is 27.7 Å². The Kier molecular flexibility index (Phi) is 6.80. The number of carbonyl (C=O) groups excluding carboxylic acids is 1. The summed E-state index contributed by atoms with van der Waals surface area (Å²) in [6.07, 6.45) is 0.0162. The van der Waals surface area contributed by atoms with Gasteiger partial charge in [0.2, 0.25) is 5.91 Å². The second-order valence-corrected chi connectivity index (χ2v) is 4.54. The van der Waals surface area contributed by atoms with Gasteiger partial charge >= 0.3 is 5.97 Å². The highest BCUT2D eigenvalue weighted by molar-refractivity contribution is 5.84. The Morgan fingerprint density at radius 1 is 1.29 bits per heavy atom. The average molecular weight is 245 g/mol. The molecule has 0 aromatic rings. The summed E-state index contributed by atoms with van der Waals surface area (Å²) >= 11 is 0. The maximum atomic E-state index is 11.9. The van der Waals surface area contributed by atoms with E-state index in [9.17, 15) is 9.59 Å². The minimum atomic E-state index is -1.02. The number of likely N-dealkylation sites (N-methyl/N-ethyl adjacent to an activating group) is 1. The Balaban J connectivity index is 4.30. The third-order valence-corrected chi connectivity index (χ3v) is 2.62. The summed E-state index contributed by atoms with van der Waals surface area (Å²) < 4.78 is 5.18. The van der Waals surface area contributed by atoms with Crippen LogP contribution in [0.5, 0.6) is 0 Å². The van der Waals surface area contributed by atoms with Gasteiger partial charge in [-0.15, -0.1) is 0 Å². The summed E-state index contributed by atoms with van der Waals surface area (Å²) in [5, 5.41) is 8.96. The number of nitrogens with zero attached hydrogens (tertiary/aromatic N) is 1. The van der Waals surface area contributed by atoms with E-state index in [0.29, 0.717) is 26.3 Å². The van der Waals surface area contributed by atoms with E-state index in [4.69, 9.17) is 9.84 Å². The summed E-state index contributed by atoms with van der Waals surface area (Å²) in [5.74, 6) is -1.09. The van der Waals surface area contributed by atoms with Crippen LogP contribution in [0.15, 0.2) is 0 Å². The maximum Gasteiger partial charge on any atom is 0.309 e. The molecule has 0 heterocycles. The fraction of sp³-hybridized carbons (Fsp3) is 0.833. The van der Waals surface area contributed by atoms with Gasteiger partial charge in [0.15, 0.2) is 0 Å². The molecule has 0 spiro atoms. The molecule has 1 amide bonds. The molecule has 0 saturated carbocycles. The van der Waals surface area contributed by atoms with Crippen LogP contribution >= 0.6 is 0 Å². The Labute approximate surface area is 103 Å². The third kappa shape index (κ3) is 5.68. The molecule has 17 heavy (non-hydrogen) atoms. The van der Waals surface area contributed by atoms with Crippen molar-refractivity contribution in [1.29, 1.82) is 0 Å². The summed E-state index contributed by atoms with van der Waals surface area (Å²) in [4.78, 5) is 24.5. The molecule has 0 aliphatic carbocycles. The van der Waals surface area contributed by atoms with E-state index in [0.717, 1.165) is 0 Å². The molecule has 100 valence electrons. The molecule has 0 aromatic carbocycles. The Bertz CT molecular complexity index is 263. The van der Waals surface area contributed by atoms with Crippen molar-refractivity contribution in [2.45, 2.75) is 34.1 Å². The van der Waals surface area contributed by atoms with E-state index in [1.807, 2.05) is 13.8 Å². The van der Waals surface area contributed by atoms with Crippen LogP contribution in [0.2, 0.25) is 0 Å². The van der Waals surface area contributed by atoms with Crippen LogP contribution in [-0.2, 0) is 14.3 Å². The van der Waals surface area contributed by atoms with E-state index in [-0.39, 0.29) is 12.3 Å². The highest BCUT2D eigenvalue weighted by Crippen LogP contribution is 2.21. The van der Waals surface area contributed by atoms with Crippen LogP contribution in [0.4, 0.5) is 0 Å². The number of ether oxygens (including phenoxy) is 1. The van der Waals surface area contributed by atoms with Gasteiger partial charge in [-0.1, -0.05) is 0 Å². The fourth-order valence-electron chi connectivity index (χ4n) is 1.34. The number of carbonyl (C=O) groups is 2. The predicted octanol–water partition coefficient (Wildman–Crippen LogP) is 1.37. The Morgan fingerprint density at radius 3 is 2.29 bits per heavy atom. The van der Waals surface area contributed by atoms with Crippen LogP contribution in [0, 0.1) is 5.41 Å². The molecule has 5 nitrogen and oxygen atoms in total. The van der Waals surface area contributed by atoms with Crippen LogP contribution < -0.4 is 0 Å². The lowest BCUT2D eigenvalue weighted by molar-refractivity contribution is -0.151. The second-order valence-electron chi connectivity index (χ2n) is 4.54. The average Bonchev–Trinajstić information content (AvgIpc) is 2.23. The predicted molar refractivity (Wildman–Crippen MR) is 64.8 cm³/mol. The summed E-state index contributed by atoms with van der Waals surface area (Å²) in [6.45, 7) is 9.08. The fourth-order valence-corrected chi connectivity index (χ4v) is 1.34. The second kappa shape index (κ2) is 7.27. The highest BCUT2D eigenvalue weighted by atomic mass is 16.5. The van der Waals surface area contributed by atoms with E-state index < -0.39 is 11.4 Å². The number of hydrogen-bond donors (Lipinski definition) is 1. The molecule has 0 atom stereocenters. The first-order chi connectivity index (χ1) is 7.85. The molecule has 0 aliphatic heterocycles. The zero-order valence-corrected chi connectivity index (χ0v) is 11.2. The monoisotopic (exact) mass is 245 g/mol.